The summed E-state index contributed by atoms with van der Waals surface area (Å²) in [5.41, 5.74) is 0.292. The maximum atomic E-state index is 13.8. The van der Waals surface area contributed by atoms with Gasteiger partial charge in [0.25, 0.3) is 0 Å². The zero-order valence-electron chi connectivity index (χ0n) is 27.0. The molecule has 1 aromatic carbocycles. The number of amides is 1. The highest BCUT2D eigenvalue weighted by Gasteiger charge is 2.60. The zero-order chi connectivity index (χ0) is 36.1. The van der Waals surface area contributed by atoms with Crippen molar-refractivity contribution < 1.29 is 66.7 Å². The number of rotatable bonds is 11. The van der Waals surface area contributed by atoms with E-state index >= 15 is 0 Å². The van der Waals surface area contributed by atoms with Gasteiger partial charge < -0.3 is 38.5 Å². The highest BCUT2D eigenvalue weighted by atomic mass is 79.9. The van der Waals surface area contributed by atoms with Crippen molar-refractivity contribution in [3.8, 4) is 5.75 Å². The molecule has 18 heteroatoms. The Morgan fingerprint density at radius 2 is 1.65 bits per heavy atom. The van der Waals surface area contributed by atoms with Crippen molar-refractivity contribution in [2.45, 2.75) is 84.2 Å². The first kappa shape index (κ1) is 38.2. The number of nitrogens with one attached hydrogen (secondary N) is 1. The quantitative estimate of drug-likeness (QED) is 0.259. The van der Waals surface area contributed by atoms with E-state index in [1.54, 1.807) is 12.1 Å². The van der Waals surface area contributed by atoms with E-state index in [2.05, 4.69) is 21.2 Å². The second-order valence-corrected chi connectivity index (χ2v) is 11.9. The van der Waals surface area contributed by atoms with Crippen LogP contribution < -0.4 is 10.1 Å². The molecule has 6 atom stereocenters. The van der Waals surface area contributed by atoms with Crippen LogP contribution in [0.2, 0.25) is 5.02 Å². The molecule has 1 N–H and O–H groups in total. The van der Waals surface area contributed by atoms with Crippen LogP contribution in [0.4, 0.5) is 0 Å². The molecule has 262 valence electrons. The minimum absolute atomic E-state index is 0.0941. The monoisotopic (exact) mass is 760 g/mol. The molecular weight excluding hydrogens is 728 g/mol. The number of ether oxygens (including phenoxy) is 7. The van der Waals surface area contributed by atoms with Crippen LogP contribution in [0.15, 0.2) is 22.8 Å². The second-order valence-electron chi connectivity index (χ2n) is 10.7. The summed E-state index contributed by atoms with van der Waals surface area (Å²) < 4.78 is 40.8. The number of benzene rings is 1. The van der Waals surface area contributed by atoms with E-state index in [9.17, 15) is 33.6 Å². The number of methoxy groups -OCH3 is 1. The standard InChI is InChI=1S/C30H34BrClN2O14/c1-13(35)33-26-21(44-16(4)38)10-30(29(41)42-7,47-22-11-34(14(2)36)20-9-8-19(31)25(32)24(20)22)48-28(26)27(46-18(6)40)23(45-17(5)39)12-43-15(3)37/h8-9,11,21,23,26-28H,10,12H2,1-7H3,(H,33,35)/t21-,23-,26?,27+,28?,30+/m0/s1. The number of hydrogen-bond donors (Lipinski definition) is 1. The highest BCUT2D eigenvalue weighted by molar-refractivity contribution is 9.10. The van der Waals surface area contributed by atoms with Gasteiger partial charge >= 0.3 is 35.6 Å². The lowest BCUT2D eigenvalue weighted by molar-refractivity contribution is -0.289. The van der Waals surface area contributed by atoms with E-state index in [4.69, 9.17) is 44.8 Å². The number of carbonyl (C=O) groups excluding carboxylic acids is 7. The molecule has 1 amide bonds. The Hall–Kier alpha value is -4.22. The fourth-order valence-electron chi connectivity index (χ4n) is 5.25. The van der Waals surface area contributed by atoms with Crippen LogP contribution in [0.1, 0.15) is 52.8 Å². The Morgan fingerprint density at radius 3 is 2.17 bits per heavy atom. The Bertz CT molecular complexity index is 1630. The van der Waals surface area contributed by atoms with Gasteiger partial charge in [0.1, 0.15) is 18.8 Å². The topological polar surface area (TPSA) is 201 Å². The largest absolute Gasteiger partial charge is 0.464 e. The molecule has 2 unspecified atom stereocenters. The fourth-order valence-corrected chi connectivity index (χ4v) is 5.83. The molecule has 1 aliphatic rings. The molecule has 0 saturated carbocycles. The van der Waals surface area contributed by atoms with Crippen LogP contribution in [-0.2, 0) is 57.2 Å². The van der Waals surface area contributed by atoms with Gasteiger partial charge in [-0.05, 0) is 28.1 Å². The lowest BCUT2D eigenvalue weighted by atomic mass is 9.88. The van der Waals surface area contributed by atoms with Crippen molar-refractivity contribution in [2.24, 2.45) is 0 Å². The van der Waals surface area contributed by atoms with Crippen molar-refractivity contribution >= 4 is 80.1 Å². The molecule has 1 saturated heterocycles. The fraction of sp³-hybridized carbons (Fsp3) is 0.500. The molecular formula is C30H34BrClN2O14. The van der Waals surface area contributed by atoms with Crippen LogP contribution in [-0.4, -0.2) is 96.2 Å². The van der Waals surface area contributed by atoms with Crippen LogP contribution >= 0.6 is 27.5 Å². The third kappa shape index (κ3) is 8.82. The molecule has 3 rings (SSSR count). The summed E-state index contributed by atoms with van der Waals surface area (Å²) in [4.78, 5) is 87.6. The summed E-state index contributed by atoms with van der Waals surface area (Å²) in [5.74, 6) is -8.49. The molecule has 0 aliphatic carbocycles. The van der Waals surface area contributed by atoms with E-state index in [1.165, 1.54) is 17.7 Å². The van der Waals surface area contributed by atoms with Crippen LogP contribution in [0, 0.1) is 0 Å². The Morgan fingerprint density at radius 1 is 1.00 bits per heavy atom. The molecule has 2 heterocycles. The predicted molar refractivity (Wildman–Crippen MR) is 167 cm³/mol. The van der Waals surface area contributed by atoms with Gasteiger partial charge in [0, 0.05) is 46.0 Å². The minimum atomic E-state index is -2.57. The minimum Gasteiger partial charge on any atom is -0.464 e. The van der Waals surface area contributed by atoms with Gasteiger partial charge in [0.15, 0.2) is 18.0 Å². The van der Waals surface area contributed by atoms with E-state index in [0.29, 0.717) is 9.99 Å². The lowest BCUT2D eigenvalue weighted by Crippen LogP contribution is -2.70. The maximum absolute atomic E-state index is 13.8. The van der Waals surface area contributed by atoms with Gasteiger partial charge in [-0.3, -0.25) is 33.3 Å². The van der Waals surface area contributed by atoms with Crippen molar-refractivity contribution in [2.75, 3.05) is 13.7 Å². The molecule has 48 heavy (non-hydrogen) atoms. The number of halogens is 2. The van der Waals surface area contributed by atoms with E-state index in [0.717, 1.165) is 41.7 Å². The number of carbonyl (C=O) groups is 7. The summed E-state index contributed by atoms with van der Waals surface area (Å²) in [7, 11) is 1.01. The first-order valence-corrected chi connectivity index (χ1v) is 15.4. The van der Waals surface area contributed by atoms with E-state index in [-0.39, 0.29) is 16.2 Å². The SMILES string of the molecule is COC(=O)[C@@]1(Oc2cn(C(C)=O)c3ccc(Br)c(Cl)c23)C[C@H](OC(C)=O)C(NC(C)=O)C([C@H](OC(C)=O)[C@H](COC(C)=O)OC(C)=O)O1. The number of aromatic nitrogens is 1. The molecule has 0 radical (unpaired) electrons. The average molecular weight is 762 g/mol. The van der Waals surface area contributed by atoms with Crippen molar-refractivity contribution in [1.29, 1.82) is 0 Å². The summed E-state index contributed by atoms with van der Waals surface area (Å²) in [5, 5.41) is 2.84. The smallest absolute Gasteiger partial charge is 0.379 e. The van der Waals surface area contributed by atoms with Crippen molar-refractivity contribution in [3.63, 3.8) is 0 Å². The number of fused-ring (bicyclic) bond motifs is 1. The Labute approximate surface area is 287 Å². The van der Waals surface area contributed by atoms with Crippen LogP contribution in [0.3, 0.4) is 0 Å². The van der Waals surface area contributed by atoms with E-state index in [1.807, 2.05) is 0 Å². The Balaban J connectivity index is 2.35. The lowest BCUT2D eigenvalue weighted by Gasteiger charge is -2.48. The summed E-state index contributed by atoms with van der Waals surface area (Å²) in [6, 6.07) is 1.76. The molecule has 16 nitrogen and oxygen atoms in total. The molecule has 1 aromatic heterocycles. The van der Waals surface area contributed by atoms with Crippen molar-refractivity contribution in [1.82, 2.24) is 9.88 Å². The first-order chi connectivity index (χ1) is 22.4. The molecule has 1 aliphatic heterocycles. The predicted octanol–water partition coefficient (Wildman–Crippen LogP) is 2.62. The number of esters is 5. The van der Waals surface area contributed by atoms with Gasteiger partial charge in [-0.15, -0.1) is 0 Å². The number of nitrogens with zero attached hydrogens (tertiary/aromatic N) is 1. The number of hydrogen-bond acceptors (Lipinski definition) is 14. The Kier molecular flexibility index (Phi) is 12.6. The summed E-state index contributed by atoms with van der Waals surface area (Å²) in [6.45, 7) is 5.95. The van der Waals surface area contributed by atoms with Gasteiger partial charge in [-0.2, -0.15) is 0 Å². The maximum Gasteiger partial charge on any atom is 0.379 e. The van der Waals surface area contributed by atoms with Gasteiger partial charge in [-0.1, -0.05) is 11.6 Å². The zero-order valence-corrected chi connectivity index (χ0v) is 29.3. The second kappa shape index (κ2) is 15.8. The van der Waals surface area contributed by atoms with Crippen LogP contribution in [0.5, 0.6) is 5.75 Å². The highest BCUT2D eigenvalue weighted by Crippen LogP contribution is 2.43. The van der Waals surface area contributed by atoms with Gasteiger partial charge in [0.05, 0.1) is 41.7 Å². The van der Waals surface area contributed by atoms with E-state index < -0.39 is 90.9 Å². The molecule has 0 bridgehead atoms. The first-order valence-electron chi connectivity index (χ1n) is 14.3. The summed E-state index contributed by atoms with van der Waals surface area (Å²) in [6.07, 6.45) is -5.91. The van der Waals surface area contributed by atoms with Crippen LogP contribution in [0.25, 0.3) is 10.9 Å². The normalized spacial score (nSPS) is 21.6. The van der Waals surface area contributed by atoms with Gasteiger partial charge in [-0.25, -0.2) is 4.79 Å². The third-order valence-corrected chi connectivity index (χ3v) is 8.22. The van der Waals surface area contributed by atoms with Crippen molar-refractivity contribution in [3.05, 3.63) is 27.8 Å². The molecule has 2 aromatic rings. The molecule has 1 fully saturated rings. The third-order valence-electron chi connectivity index (χ3n) is 6.93. The molecule has 0 spiro atoms. The summed E-state index contributed by atoms with van der Waals surface area (Å²) >= 11 is 9.95. The average Bonchev–Trinajstić information content (AvgIpc) is 3.34. The van der Waals surface area contributed by atoms with Gasteiger partial charge in [0.2, 0.25) is 11.8 Å².